The van der Waals surface area contributed by atoms with E-state index in [4.69, 9.17) is 0 Å². The normalized spacial score (nSPS) is 12.6. The summed E-state index contributed by atoms with van der Waals surface area (Å²) in [7, 11) is 0. The van der Waals surface area contributed by atoms with Crippen LogP contribution in [0.4, 0.5) is 13.2 Å². The van der Waals surface area contributed by atoms with Crippen LogP contribution < -0.4 is 0 Å². The minimum absolute atomic E-state index is 0.135. The van der Waals surface area contributed by atoms with Crippen molar-refractivity contribution in [3.63, 3.8) is 0 Å². The number of pyridine rings is 2. The molecule has 0 saturated heterocycles. The number of rotatable bonds is 6. The van der Waals surface area contributed by atoms with E-state index in [0.717, 1.165) is 23.4 Å². The van der Waals surface area contributed by atoms with E-state index in [-0.39, 0.29) is 17.9 Å². The molecule has 3 nitrogen and oxygen atoms in total. The number of halogens is 3. The van der Waals surface area contributed by atoms with Crippen LogP contribution in [0.2, 0.25) is 0 Å². The molecule has 6 heteroatoms. The Hall–Kier alpha value is -3.54. The number of carbonyl (C=O) groups excluding carboxylic acids is 1. The molecule has 0 N–H and O–H groups in total. The summed E-state index contributed by atoms with van der Waals surface area (Å²) in [6.45, 7) is 2.00. The van der Waals surface area contributed by atoms with Gasteiger partial charge in [0.05, 0.1) is 16.8 Å². The van der Waals surface area contributed by atoms with Crippen molar-refractivity contribution >= 4 is 16.7 Å². The second-order valence-corrected chi connectivity index (χ2v) is 7.62. The van der Waals surface area contributed by atoms with Gasteiger partial charge in [-0.2, -0.15) is 13.2 Å². The average molecular weight is 434 g/mol. The third-order valence-corrected chi connectivity index (χ3v) is 5.58. The number of aromatic nitrogens is 2. The summed E-state index contributed by atoms with van der Waals surface area (Å²) < 4.78 is 41.2. The first kappa shape index (κ1) is 21.7. The van der Waals surface area contributed by atoms with Gasteiger partial charge in [-0.15, -0.1) is 0 Å². The van der Waals surface area contributed by atoms with E-state index in [0.29, 0.717) is 16.6 Å². The van der Waals surface area contributed by atoms with Gasteiger partial charge in [-0.1, -0.05) is 49.4 Å². The molecule has 2 aromatic heterocycles. The Labute approximate surface area is 184 Å². The summed E-state index contributed by atoms with van der Waals surface area (Å²) in [4.78, 5) is 21.5. The summed E-state index contributed by atoms with van der Waals surface area (Å²) in [5.41, 5.74) is 1.80. The Kier molecular flexibility index (Phi) is 6.04. The molecule has 0 unspecified atom stereocenters. The molecule has 2 aromatic carbocycles. The van der Waals surface area contributed by atoms with E-state index >= 15 is 0 Å². The van der Waals surface area contributed by atoms with Crippen LogP contribution in [0.1, 0.15) is 52.0 Å². The zero-order chi connectivity index (χ0) is 22.7. The van der Waals surface area contributed by atoms with Gasteiger partial charge in [-0.25, -0.2) is 0 Å². The van der Waals surface area contributed by atoms with Crippen LogP contribution in [0, 0.1) is 0 Å². The topological polar surface area (TPSA) is 42.9 Å². The Morgan fingerprint density at radius 2 is 1.66 bits per heavy atom. The van der Waals surface area contributed by atoms with Crippen molar-refractivity contribution in [3.8, 4) is 0 Å². The first-order valence-electron chi connectivity index (χ1n) is 10.4. The van der Waals surface area contributed by atoms with Gasteiger partial charge in [0.15, 0.2) is 5.78 Å². The maximum Gasteiger partial charge on any atom is 0.418 e. The minimum Gasteiger partial charge on any atom is -0.294 e. The minimum atomic E-state index is -4.57. The number of fused-ring (bicyclic) bond motifs is 1. The van der Waals surface area contributed by atoms with Crippen LogP contribution in [0.15, 0.2) is 79.1 Å². The van der Waals surface area contributed by atoms with Crippen LogP contribution in [0.5, 0.6) is 0 Å². The van der Waals surface area contributed by atoms with Crippen molar-refractivity contribution in [2.45, 2.75) is 31.9 Å². The maximum atomic E-state index is 13.7. The molecule has 0 aliphatic carbocycles. The smallest absolute Gasteiger partial charge is 0.294 e. The van der Waals surface area contributed by atoms with E-state index < -0.39 is 17.7 Å². The first-order chi connectivity index (χ1) is 15.4. The molecular formula is C26H21F3N2O. The molecular weight excluding hydrogens is 413 g/mol. The van der Waals surface area contributed by atoms with E-state index in [2.05, 4.69) is 9.97 Å². The fourth-order valence-electron chi connectivity index (χ4n) is 3.84. The summed E-state index contributed by atoms with van der Waals surface area (Å²) in [5.74, 6) is -1.09. The Morgan fingerprint density at radius 1 is 0.938 bits per heavy atom. The van der Waals surface area contributed by atoms with E-state index in [1.54, 1.807) is 42.6 Å². The Bertz CT molecular complexity index is 1250. The highest BCUT2D eigenvalue weighted by molar-refractivity contribution is 5.99. The highest BCUT2D eigenvalue weighted by Crippen LogP contribution is 2.38. The largest absolute Gasteiger partial charge is 0.418 e. The van der Waals surface area contributed by atoms with E-state index in [9.17, 15) is 18.0 Å². The summed E-state index contributed by atoms with van der Waals surface area (Å²) >= 11 is 0. The van der Waals surface area contributed by atoms with Crippen LogP contribution in [0.25, 0.3) is 10.9 Å². The molecule has 162 valence electrons. The average Bonchev–Trinajstić information content (AvgIpc) is 2.81. The van der Waals surface area contributed by atoms with Gasteiger partial charge in [0.2, 0.25) is 0 Å². The van der Waals surface area contributed by atoms with Crippen molar-refractivity contribution in [2.24, 2.45) is 0 Å². The molecule has 0 spiro atoms. The molecule has 0 fully saturated rings. The highest BCUT2D eigenvalue weighted by atomic mass is 19.4. The molecule has 0 bridgehead atoms. The lowest BCUT2D eigenvalue weighted by atomic mass is 9.86. The van der Waals surface area contributed by atoms with Crippen LogP contribution in [-0.4, -0.2) is 15.8 Å². The number of alkyl halides is 3. The SMILES string of the molecule is CCc1ccc([C@H](CC(=O)c2ccc3cccnc3c2)c2ncccc2C(F)(F)F)cc1. The summed E-state index contributed by atoms with van der Waals surface area (Å²) in [6.07, 6.45) is -0.920. The molecule has 4 rings (SSSR count). The van der Waals surface area contributed by atoms with Gasteiger partial charge >= 0.3 is 6.18 Å². The molecule has 0 aliphatic heterocycles. The maximum absolute atomic E-state index is 13.7. The zero-order valence-corrected chi connectivity index (χ0v) is 17.4. The molecule has 1 atom stereocenters. The van der Waals surface area contributed by atoms with Gasteiger partial charge in [0.25, 0.3) is 0 Å². The van der Waals surface area contributed by atoms with Crippen molar-refractivity contribution in [3.05, 3.63) is 107 Å². The van der Waals surface area contributed by atoms with Crippen molar-refractivity contribution in [2.75, 3.05) is 0 Å². The number of hydrogen-bond donors (Lipinski definition) is 0. The number of nitrogens with zero attached hydrogens (tertiary/aromatic N) is 2. The number of ketones is 1. The van der Waals surface area contributed by atoms with Crippen LogP contribution in [-0.2, 0) is 12.6 Å². The molecule has 0 radical (unpaired) electrons. The number of aryl methyl sites for hydroxylation is 1. The first-order valence-corrected chi connectivity index (χ1v) is 10.4. The lowest BCUT2D eigenvalue weighted by Crippen LogP contribution is -2.17. The fourth-order valence-corrected chi connectivity index (χ4v) is 3.84. The van der Waals surface area contributed by atoms with Gasteiger partial charge in [-0.05, 0) is 41.8 Å². The number of hydrogen-bond acceptors (Lipinski definition) is 3. The lowest BCUT2D eigenvalue weighted by molar-refractivity contribution is -0.138. The molecule has 0 aliphatic rings. The van der Waals surface area contributed by atoms with Crippen molar-refractivity contribution < 1.29 is 18.0 Å². The van der Waals surface area contributed by atoms with Gasteiger partial charge in [0, 0.05) is 35.7 Å². The van der Waals surface area contributed by atoms with Gasteiger partial charge < -0.3 is 0 Å². The molecule has 0 amide bonds. The van der Waals surface area contributed by atoms with Crippen molar-refractivity contribution in [1.29, 1.82) is 0 Å². The van der Waals surface area contributed by atoms with E-state index in [1.807, 2.05) is 25.1 Å². The number of carbonyl (C=O) groups is 1. The zero-order valence-electron chi connectivity index (χ0n) is 17.4. The predicted molar refractivity (Wildman–Crippen MR) is 118 cm³/mol. The molecule has 32 heavy (non-hydrogen) atoms. The summed E-state index contributed by atoms with van der Waals surface area (Å²) in [6, 6.07) is 18.5. The second kappa shape index (κ2) is 8.91. The lowest BCUT2D eigenvalue weighted by Gasteiger charge is -2.21. The quantitative estimate of drug-likeness (QED) is 0.321. The fraction of sp³-hybridized carbons (Fsp3) is 0.192. The summed E-state index contributed by atoms with van der Waals surface area (Å²) in [5, 5.41) is 0.889. The van der Waals surface area contributed by atoms with Crippen LogP contribution in [0.3, 0.4) is 0 Å². The standard InChI is InChI=1S/C26H21F3N2O/c1-2-17-7-9-18(10-8-17)21(25-22(26(27,28)29)6-4-14-31-25)16-24(32)20-12-11-19-5-3-13-30-23(19)15-20/h3-15,21H,2,16H2,1H3/t21-/m0/s1. The Morgan fingerprint density at radius 3 is 2.38 bits per heavy atom. The monoisotopic (exact) mass is 434 g/mol. The molecule has 4 aromatic rings. The van der Waals surface area contributed by atoms with Gasteiger partial charge in [0.1, 0.15) is 0 Å². The number of benzene rings is 2. The van der Waals surface area contributed by atoms with E-state index in [1.165, 1.54) is 12.3 Å². The number of Topliss-reactive ketones (excluding diaryl/α,β-unsaturated/α-hetero) is 1. The molecule has 0 saturated carbocycles. The van der Waals surface area contributed by atoms with Crippen molar-refractivity contribution in [1.82, 2.24) is 9.97 Å². The Balaban J connectivity index is 1.76. The predicted octanol–water partition coefficient (Wildman–Crippen LogP) is 6.62. The highest BCUT2D eigenvalue weighted by Gasteiger charge is 2.37. The third-order valence-electron chi connectivity index (χ3n) is 5.58. The second-order valence-electron chi connectivity index (χ2n) is 7.62. The van der Waals surface area contributed by atoms with Gasteiger partial charge in [-0.3, -0.25) is 14.8 Å². The third kappa shape index (κ3) is 4.54. The molecule has 2 heterocycles. The van der Waals surface area contributed by atoms with Crippen LogP contribution >= 0.6 is 0 Å².